The van der Waals surface area contributed by atoms with Crippen molar-refractivity contribution in [2.45, 2.75) is 45.1 Å². The molecule has 1 unspecified atom stereocenters. The van der Waals surface area contributed by atoms with Gasteiger partial charge in [-0.05, 0) is 37.8 Å². The second-order valence-electron chi connectivity index (χ2n) is 5.63. The number of rotatable bonds is 5. The Bertz CT molecular complexity index is 538. The highest BCUT2D eigenvalue weighted by Crippen LogP contribution is 2.31. The lowest BCUT2D eigenvalue weighted by atomic mass is 9.84. The van der Waals surface area contributed by atoms with Crippen LogP contribution in [0, 0.1) is 16.0 Å². The van der Waals surface area contributed by atoms with E-state index in [0.717, 1.165) is 18.9 Å². The zero-order valence-corrected chi connectivity index (χ0v) is 12.0. The number of carbonyl (C=O) groups is 1. The van der Waals surface area contributed by atoms with Crippen molar-refractivity contribution in [1.29, 1.82) is 0 Å². The molecule has 2 rings (SSSR count). The van der Waals surface area contributed by atoms with Crippen molar-refractivity contribution < 1.29 is 14.8 Å². The lowest BCUT2D eigenvalue weighted by molar-refractivity contribution is -0.384. The van der Waals surface area contributed by atoms with Crippen molar-refractivity contribution in [3.8, 4) is 0 Å². The highest BCUT2D eigenvalue weighted by molar-refractivity contribution is 5.89. The average molecular weight is 292 g/mol. The van der Waals surface area contributed by atoms with Crippen LogP contribution >= 0.6 is 0 Å². The summed E-state index contributed by atoms with van der Waals surface area (Å²) in [7, 11) is 0. The molecule has 0 bridgehead atoms. The maximum atomic E-state index is 11.1. The summed E-state index contributed by atoms with van der Waals surface area (Å²) in [6, 6.07) is 4.13. The van der Waals surface area contributed by atoms with Crippen LogP contribution in [-0.4, -0.2) is 22.0 Å². The average Bonchev–Trinajstić information content (AvgIpc) is 2.48. The zero-order chi connectivity index (χ0) is 15.4. The second-order valence-corrected chi connectivity index (χ2v) is 5.63. The quantitative estimate of drug-likeness (QED) is 0.638. The molecule has 1 saturated carbocycles. The number of hydrogen-bond acceptors (Lipinski definition) is 4. The summed E-state index contributed by atoms with van der Waals surface area (Å²) in [6.07, 6.45) is 5.94. The second kappa shape index (κ2) is 6.56. The Kier molecular flexibility index (Phi) is 4.77. The van der Waals surface area contributed by atoms with Crippen molar-refractivity contribution in [3.05, 3.63) is 33.9 Å². The van der Waals surface area contributed by atoms with Crippen molar-refractivity contribution in [3.63, 3.8) is 0 Å². The summed E-state index contributed by atoms with van der Waals surface area (Å²) in [5.41, 5.74) is 0.137. The Morgan fingerprint density at radius 1 is 1.38 bits per heavy atom. The third-order valence-electron chi connectivity index (χ3n) is 4.18. The molecular formula is C15H20N2O4. The van der Waals surface area contributed by atoms with Gasteiger partial charge in [0.05, 0.1) is 10.5 Å². The molecule has 1 aromatic rings. The molecule has 6 nitrogen and oxygen atoms in total. The molecule has 0 aliphatic heterocycles. The van der Waals surface area contributed by atoms with Crippen molar-refractivity contribution in [2.24, 2.45) is 5.92 Å². The van der Waals surface area contributed by atoms with Gasteiger partial charge in [-0.3, -0.25) is 10.1 Å². The minimum Gasteiger partial charge on any atom is -0.478 e. The van der Waals surface area contributed by atoms with E-state index in [-0.39, 0.29) is 17.3 Å². The summed E-state index contributed by atoms with van der Waals surface area (Å²) in [4.78, 5) is 21.5. The van der Waals surface area contributed by atoms with E-state index in [0.29, 0.717) is 11.6 Å². The van der Waals surface area contributed by atoms with Gasteiger partial charge in [-0.15, -0.1) is 0 Å². The minimum atomic E-state index is -1.16. The van der Waals surface area contributed by atoms with Gasteiger partial charge in [-0.2, -0.15) is 0 Å². The van der Waals surface area contributed by atoms with E-state index in [9.17, 15) is 14.9 Å². The fraction of sp³-hybridized carbons (Fsp3) is 0.533. The van der Waals surface area contributed by atoms with E-state index in [2.05, 4.69) is 5.32 Å². The molecule has 1 aliphatic rings. The van der Waals surface area contributed by atoms with E-state index in [1.165, 1.54) is 31.4 Å². The first-order valence-corrected chi connectivity index (χ1v) is 7.27. The van der Waals surface area contributed by atoms with Crippen LogP contribution < -0.4 is 5.32 Å². The van der Waals surface area contributed by atoms with Gasteiger partial charge in [0.1, 0.15) is 5.69 Å². The van der Waals surface area contributed by atoms with E-state index < -0.39 is 10.9 Å². The van der Waals surface area contributed by atoms with Crippen LogP contribution in [0.25, 0.3) is 0 Å². The molecule has 21 heavy (non-hydrogen) atoms. The molecular weight excluding hydrogens is 272 g/mol. The van der Waals surface area contributed by atoms with Crippen molar-refractivity contribution >= 4 is 17.3 Å². The molecule has 1 aromatic carbocycles. The van der Waals surface area contributed by atoms with Crippen LogP contribution in [0.3, 0.4) is 0 Å². The lowest BCUT2D eigenvalue weighted by Crippen LogP contribution is -2.28. The zero-order valence-electron chi connectivity index (χ0n) is 12.0. The number of anilines is 1. The van der Waals surface area contributed by atoms with E-state index in [1.54, 1.807) is 0 Å². The number of carboxylic acids is 1. The highest BCUT2D eigenvalue weighted by Gasteiger charge is 2.23. The number of nitro groups is 1. The van der Waals surface area contributed by atoms with Gasteiger partial charge in [0.2, 0.25) is 0 Å². The highest BCUT2D eigenvalue weighted by atomic mass is 16.6. The van der Waals surface area contributed by atoms with E-state index in [4.69, 9.17) is 5.11 Å². The van der Waals surface area contributed by atoms with E-state index >= 15 is 0 Å². The first-order chi connectivity index (χ1) is 9.99. The Balaban J connectivity index is 2.18. The molecule has 1 atom stereocenters. The monoisotopic (exact) mass is 292 g/mol. The van der Waals surface area contributed by atoms with Gasteiger partial charge in [-0.25, -0.2) is 4.79 Å². The van der Waals surface area contributed by atoms with Crippen LogP contribution in [-0.2, 0) is 0 Å². The molecule has 6 heteroatoms. The first kappa shape index (κ1) is 15.3. The Morgan fingerprint density at radius 3 is 2.62 bits per heavy atom. The number of nitro benzene ring substituents is 1. The number of hydrogen-bond donors (Lipinski definition) is 2. The van der Waals surface area contributed by atoms with Gasteiger partial charge in [0, 0.05) is 12.1 Å². The first-order valence-electron chi connectivity index (χ1n) is 7.27. The van der Waals surface area contributed by atoms with Crippen LogP contribution in [0.15, 0.2) is 18.2 Å². The van der Waals surface area contributed by atoms with Gasteiger partial charge in [0.15, 0.2) is 0 Å². The fourth-order valence-electron chi connectivity index (χ4n) is 2.94. The Morgan fingerprint density at radius 2 is 2.05 bits per heavy atom. The number of nitrogens with one attached hydrogen (secondary N) is 1. The molecule has 0 heterocycles. The maximum absolute atomic E-state index is 11.1. The molecule has 2 N–H and O–H groups in total. The maximum Gasteiger partial charge on any atom is 0.335 e. The molecule has 0 aromatic heterocycles. The van der Waals surface area contributed by atoms with Crippen LogP contribution in [0.5, 0.6) is 0 Å². The molecule has 114 valence electrons. The van der Waals surface area contributed by atoms with Gasteiger partial charge in [0.25, 0.3) is 5.69 Å². The number of benzene rings is 1. The largest absolute Gasteiger partial charge is 0.478 e. The summed E-state index contributed by atoms with van der Waals surface area (Å²) < 4.78 is 0. The third-order valence-corrected chi connectivity index (χ3v) is 4.18. The number of aromatic carboxylic acids is 1. The molecule has 1 fully saturated rings. The molecule has 0 radical (unpaired) electrons. The van der Waals surface area contributed by atoms with Gasteiger partial charge < -0.3 is 10.4 Å². The van der Waals surface area contributed by atoms with Crippen molar-refractivity contribution in [1.82, 2.24) is 0 Å². The molecule has 1 aliphatic carbocycles. The predicted octanol–water partition coefficient (Wildman–Crippen LogP) is 3.67. The molecule has 0 amide bonds. The molecule has 0 spiro atoms. The SMILES string of the molecule is CC(Nc1ccc(C(=O)O)cc1[N+](=O)[O-])C1CCCCC1. The summed E-state index contributed by atoms with van der Waals surface area (Å²) in [5.74, 6) is -0.650. The lowest BCUT2D eigenvalue weighted by Gasteiger charge is -2.28. The van der Waals surface area contributed by atoms with Crippen LogP contribution in [0.4, 0.5) is 11.4 Å². The normalized spacial score (nSPS) is 17.2. The Labute approximate surface area is 123 Å². The summed E-state index contributed by atoms with van der Waals surface area (Å²) >= 11 is 0. The summed E-state index contributed by atoms with van der Waals surface area (Å²) in [6.45, 7) is 2.03. The number of carboxylic acid groups (broad SMARTS) is 1. The molecule has 0 saturated heterocycles. The van der Waals surface area contributed by atoms with Gasteiger partial charge >= 0.3 is 5.97 Å². The van der Waals surface area contributed by atoms with Crippen molar-refractivity contribution in [2.75, 3.05) is 5.32 Å². The predicted molar refractivity (Wildman–Crippen MR) is 79.7 cm³/mol. The topological polar surface area (TPSA) is 92.5 Å². The third kappa shape index (κ3) is 3.71. The standard InChI is InChI=1S/C15H20N2O4/c1-10(11-5-3-2-4-6-11)16-13-8-7-12(15(18)19)9-14(13)17(20)21/h7-11,16H,2-6H2,1H3,(H,18,19). The van der Waals surface area contributed by atoms with Crippen LogP contribution in [0.1, 0.15) is 49.4 Å². The summed E-state index contributed by atoms with van der Waals surface area (Å²) in [5, 5.41) is 23.2. The van der Waals surface area contributed by atoms with Gasteiger partial charge in [-0.1, -0.05) is 19.3 Å². The van der Waals surface area contributed by atoms with Crippen LogP contribution in [0.2, 0.25) is 0 Å². The fourth-order valence-corrected chi connectivity index (χ4v) is 2.94. The smallest absolute Gasteiger partial charge is 0.335 e. The van der Waals surface area contributed by atoms with E-state index in [1.807, 2.05) is 6.92 Å². The number of nitrogens with zero attached hydrogens (tertiary/aromatic N) is 1. The minimum absolute atomic E-state index is 0.0717. The Hall–Kier alpha value is -2.11.